The van der Waals surface area contributed by atoms with E-state index < -0.39 is 0 Å². The molecule has 1 N–H and O–H groups in total. The van der Waals surface area contributed by atoms with Crippen molar-refractivity contribution in [2.45, 2.75) is 13.0 Å². The van der Waals surface area contributed by atoms with E-state index in [1.54, 1.807) is 24.3 Å². The summed E-state index contributed by atoms with van der Waals surface area (Å²) >= 11 is 0. The van der Waals surface area contributed by atoms with Crippen LogP contribution in [0.5, 0.6) is 11.5 Å². The van der Waals surface area contributed by atoms with Crippen LogP contribution in [0.25, 0.3) is 6.08 Å². The number of amides is 1. The predicted octanol–water partition coefficient (Wildman–Crippen LogP) is 3.45. The second-order valence-corrected chi connectivity index (χ2v) is 5.23. The number of fused-ring (bicyclic) bond motifs is 1. The molecular weight excluding hydrogens is 297 g/mol. The van der Waals surface area contributed by atoms with Crippen LogP contribution in [0.2, 0.25) is 0 Å². The summed E-state index contributed by atoms with van der Waals surface area (Å²) in [5.74, 6) is 0.859. The van der Waals surface area contributed by atoms with Crippen molar-refractivity contribution in [3.8, 4) is 11.5 Å². The van der Waals surface area contributed by atoms with Crippen molar-refractivity contribution in [3.05, 3.63) is 65.5 Å². The minimum atomic E-state index is -0.296. The molecule has 23 heavy (non-hydrogen) atoms. The Bertz CT molecular complexity index is 740. The average Bonchev–Trinajstić information content (AvgIpc) is 3.01. The summed E-state index contributed by atoms with van der Waals surface area (Å²) in [4.78, 5) is 12.0. The first-order chi connectivity index (χ1) is 11.1. The molecule has 2 aromatic carbocycles. The lowest BCUT2D eigenvalue weighted by Crippen LogP contribution is -2.24. The highest BCUT2D eigenvalue weighted by Crippen LogP contribution is 2.32. The molecule has 0 radical (unpaired) electrons. The van der Waals surface area contributed by atoms with Gasteiger partial charge in [0.2, 0.25) is 12.7 Å². The lowest BCUT2D eigenvalue weighted by atomic mass is 10.1. The Morgan fingerprint density at radius 1 is 1.17 bits per heavy atom. The van der Waals surface area contributed by atoms with Gasteiger partial charge in [0.1, 0.15) is 5.82 Å². The van der Waals surface area contributed by atoms with Gasteiger partial charge in [-0.2, -0.15) is 0 Å². The first-order valence-corrected chi connectivity index (χ1v) is 7.25. The van der Waals surface area contributed by atoms with E-state index in [0.717, 1.165) is 11.1 Å². The molecule has 1 heterocycles. The fourth-order valence-corrected chi connectivity index (χ4v) is 2.29. The molecule has 3 rings (SSSR count). The zero-order valence-electron chi connectivity index (χ0n) is 12.6. The smallest absolute Gasteiger partial charge is 0.244 e. The number of nitrogens with one attached hydrogen (secondary N) is 1. The molecule has 0 saturated heterocycles. The van der Waals surface area contributed by atoms with Gasteiger partial charge in [0.25, 0.3) is 0 Å². The van der Waals surface area contributed by atoms with Crippen molar-refractivity contribution in [1.82, 2.24) is 5.32 Å². The Kier molecular flexibility index (Phi) is 4.28. The number of carbonyl (C=O) groups excluding carboxylic acids is 1. The van der Waals surface area contributed by atoms with E-state index in [1.165, 1.54) is 18.2 Å². The Morgan fingerprint density at radius 2 is 1.91 bits per heavy atom. The normalized spacial score (nSPS) is 14.0. The highest BCUT2D eigenvalue weighted by Gasteiger charge is 2.12. The maximum atomic E-state index is 12.9. The number of benzene rings is 2. The van der Waals surface area contributed by atoms with Crippen molar-refractivity contribution >= 4 is 12.0 Å². The van der Waals surface area contributed by atoms with Crippen LogP contribution in [0.15, 0.2) is 48.5 Å². The highest BCUT2D eigenvalue weighted by molar-refractivity contribution is 5.92. The molecule has 0 saturated carbocycles. The van der Waals surface area contributed by atoms with Gasteiger partial charge in [0.05, 0.1) is 6.04 Å². The summed E-state index contributed by atoms with van der Waals surface area (Å²) in [5.41, 5.74) is 1.69. The van der Waals surface area contributed by atoms with Crippen LogP contribution in [0.1, 0.15) is 24.1 Å². The van der Waals surface area contributed by atoms with E-state index >= 15 is 0 Å². The lowest BCUT2D eigenvalue weighted by Gasteiger charge is -2.12. The molecular formula is C18H16FNO3. The second-order valence-electron chi connectivity index (χ2n) is 5.23. The maximum Gasteiger partial charge on any atom is 0.244 e. The Labute approximate surface area is 133 Å². The average molecular weight is 313 g/mol. The van der Waals surface area contributed by atoms with Crippen LogP contribution in [0.4, 0.5) is 4.39 Å². The molecule has 2 aromatic rings. The van der Waals surface area contributed by atoms with E-state index in [-0.39, 0.29) is 24.6 Å². The van der Waals surface area contributed by atoms with Gasteiger partial charge in [-0.05, 0) is 48.4 Å². The molecule has 118 valence electrons. The van der Waals surface area contributed by atoms with Gasteiger partial charge in [0, 0.05) is 6.08 Å². The topological polar surface area (TPSA) is 47.6 Å². The van der Waals surface area contributed by atoms with E-state index in [2.05, 4.69) is 5.32 Å². The lowest BCUT2D eigenvalue weighted by molar-refractivity contribution is -0.117. The third-order valence-electron chi connectivity index (χ3n) is 3.55. The minimum absolute atomic E-state index is 0.204. The third kappa shape index (κ3) is 3.69. The van der Waals surface area contributed by atoms with Crippen molar-refractivity contribution in [2.75, 3.05) is 6.79 Å². The zero-order chi connectivity index (χ0) is 16.2. The first kappa shape index (κ1) is 15.1. The van der Waals surface area contributed by atoms with Gasteiger partial charge < -0.3 is 14.8 Å². The van der Waals surface area contributed by atoms with Gasteiger partial charge in [-0.15, -0.1) is 0 Å². The fraction of sp³-hybridized carbons (Fsp3) is 0.167. The SMILES string of the molecule is C[C@H](NC(=O)/C=C/c1ccc2c(c1)OCO2)c1ccc(F)cc1. The van der Waals surface area contributed by atoms with Crippen molar-refractivity contribution in [3.63, 3.8) is 0 Å². The number of halogens is 1. The molecule has 0 spiro atoms. The molecule has 1 aliphatic rings. The number of rotatable bonds is 4. The molecule has 0 bridgehead atoms. The van der Waals surface area contributed by atoms with Crippen LogP contribution in [0.3, 0.4) is 0 Å². The summed E-state index contributed by atoms with van der Waals surface area (Å²) in [5, 5.41) is 2.83. The maximum absolute atomic E-state index is 12.9. The molecule has 0 aliphatic carbocycles. The zero-order valence-corrected chi connectivity index (χ0v) is 12.6. The van der Waals surface area contributed by atoms with E-state index in [4.69, 9.17) is 9.47 Å². The van der Waals surface area contributed by atoms with Crippen molar-refractivity contribution in [2.24, 2.45) is 0 Å². The molecule has 1 atom stereocenters. The van der Waals surface area contributed by atoms with Crippen LogP contribution in [-0.4, -0.2) is 12.7 Å². The molecule has 5 heteroatoms. The van der Waals surface area contributed by atoms with Gasteiger partial charge in [-0.1, -0.05) is 18.2 Å². The largest absolute Gasteiger partial charge is 0.454 e. The highest BCUT2D eigenvalue weighted by atomic mass is 19.1. The van der Waals surface area contributed by atoms with E-state index in [0.29, 0.717) is 11.5 Å². The summed E-state index contributed by atoms with van der Waals surface area (Å²) < 4.78 is 23.4. The Morgan fingerprint density at radius 3 is 2.70 bits per heavy atom. The van der Waals surface area contributed by atoms with E-state index in [9.17, 15) is 9.18 Å². The summed E-state index contributed by atoms with van der Waals surface area (Å²) in [6, 6.07) is 11.3. The van der Waals surface area contributed by atoms with Crippen molar-refractivity contribution < 1.29 is 18.7 Å². The molecule has 4 nitrogen and oxygen atoms in total. The number of hydrogen-bond donors (Lipinski definition) is 1. The third-order valence-corrected chi connectivity index (χ3v) is 3.55. The van der Waals surface area contributed by atoms with Crippen LogP contribution >= 0.6 is 0 Å². The number of ether oxygens (including phenoxy) is 2. The van der Waals surface area contributed by atoms with Crippen LogP contribution in [-0.2, 0) is 4.79 Å². The molecule has 0 aromatic heterocycles. The van der Waals surface area contributed by atoms with Gasteiger partial charge in [0.15, 0.2) is 11.5 Å². The van der Waals surface area contributed by atoms with Crippen molar-refractivity contribution in [1.29, 1.82) is 0 Å². The quantitative estimate of drug-likeness (QED) is 0.880. The Balaban J connectivity index is 1.61. The van der Waals surface area contributed by atoms with Gasteiger partial charge in [-0.25, -0.2) is 4.39 Å². The molecule has 0 fully saturated rings. The number of hydrogen-bond acceptors (Lipinski definition) is 3. The standard InChI is InChI=1S/C18H16FNO3/c1-12(14-4-6-15(19)7-5-14)20-18(21)9-3-13-2-8-16-17(10-13)23-11-22-16/h2-10,12H,11H2,1H3,(H,20,21)/b9-3+/t12-/m0/s1. The predicted molar refractivity (Wildman–Crippen MR) is 84.6 cm³/mol. The van der Waals surface area contributed by atoms with Gasteiger partial charge >= 0.3 is 0 Å². The fourth-order valence-electron chi connectivity index (χ4n) is 2.29. The summed E-state index contributed by atoms with van der Waals surface area (Å²) in [6.45, 7) is 2.07. The summed E-state index contributed by atoms with van der Waals surface area (Å²) in [7, 11) is 0. The molecule has 1 amide bonds. The first-order valence-electron chi connectivity index (χ1n) is 7.25. The second kappa shape index (κ2) is 6.52. The van der Waals surface area contributed by atoms with E-state index in [1.807, 2.05) is 19.1 Å². The van der Waals surface area contributed by atoms with Gasteiger partial charge in [-0.3, -0.25) is 4.79 Å². The van der Waals surface area contributed by atoms with Crippen LogP contribution in [0, 0.1) is 5.82 Å². The monoisotopic (exact) mass is 313 g/mol. The summed E-state index contributed by atoms with van der Waals surface area (Å²) in [6.07, 6.45) is 3.16. The van der Waals surface area contributed by atoms with Crippen LogP contribution < -0.4 is 14.8 Å². The number of carbonyl (C=O) groups is 1. The molecule has 1 aliphatic heterocycles. The Hall–Kier alpha value is -2.82. The minimum Gasteiger partial charge on any atom is -0.454 e. The molecule has 0 unspecified atom stereocenters.